The van der Waals surface area contributed by atoms with Crippen LogP contribution in [0.15, 0.2) is 0 Å². The van der Waals surface area contributed by atoms with Crippen molar-refractivity contribution in [3.05, 3.63) is 0 Å². The van der Waals surface area contributed by atoms with Crippen molar-refractivity contribution in [3.63, 3.8) is 0 Å². The van der Waals surface area contributed by atoms with Crippen molar-refractivity contribution in [2.45, 2.75) is 51.5 Å². The van der Waals surface area contributed by atoms with E-state index in [2.05, 4.69) is 11.8 Å². The minimum absolute atomic E-state index is 0.110. The number of likely N-dealkylation sites (tertiary alicyclic amines) is 1. The lowest BCUT2D eigenvalue weighted by molar-refractivity contribution is -0.138. The molecule has 0 aromatic heterocycles. The van der Waals surface area contributed by atoms with Crippen molar-refractivity contribution >= 4 is 5.91 Å². The van der Waals surface area contributed by atoms with Crippen LogP contribution in [0.25, 0.3) is 0 Å². The van der Waals surface area contributed by atoms with E-state index in [0.717, 1.165) is 32.4 Å². The van der Waals surface area contributed by atoms with Gasteiger partial charge in [0.25, 0.3) is 0 Å². The summed E-state index contributed by atoms with van der Waals surface area (Å²) in [5.41, 5.74) is 6.07. The highest BCUT2D eigenvalue weighted by Crippen LogP contribution is 2.26. The number of piperidine rings is 1. The summed E-state index contributed by atoms with van der Waals surface area (Å²) < 4.78 is 0. The summed E-state index contributed by atoms with van der Waals surface area (Å²) in [6.45, 7) is 4.13. The van der Waals surface area contributed by atoms with Crippen LogP contribution in [0.3, 0.4) is 0 Å². The molecule has 1 heterocycles. The van der Waals surface area contributed by atoms with Gasteiger partial charge >= 0.3 is 0 Å². The van der Waals surface area contributed by atoms with Gasteiger partial charge in [0, 0.05) is 19.1 Å². The molecule has 92 valence electrons. The molecule has 0 aromatic carbocycles. The molecule has 16 heavy (non-hydrogen) atoms. The maximum absolute atomic E-state index is 12.4. The second kappa shape index (κ2) is 5.17. The zero-order chi connectivity index (χ0) is 11.5. The fraction of sp³-hybridized carbons (Fsp3) is 0.923. The number of rotatable bonds is 1. The van der Waals surface area contributed by atoms with E-state index < -0.39 is 0 Å². The fourth-order valence-electron chi connectivity index (χ4n) is 3.09. The van der Waals surface area contributed by atoms with Gasteiger partial charge in [-0.3, -0.25) is 4.79 Å². The largest absolute Gasteiger partial charge is 0.342 e. The molecule has 1 saturated heterocycles. The molecule has 2 N–H and O–H groups in total. The van der Waals surface area contributed by atoms with Crippen LogP contribution >= 0.6 is 0 Å². The van der Waals surface area contributed by atoms with E-state index in [1.165, 1.54) is 19.3 Å². The van der Waals surface area contributed by atoms with E-state index >= 15 is 0 Å². The summed E-state index contributed by atoms with van der Waals surface area (Å²) in [6.07, 6.45) is 6.83. The zero-order valence-corrected chi connectivity index (χ0v) is 10.3. The third kappa shape index (κ3) is 2.57. The fourth-order valence-corrected chi connectivity index (χ4v) is 3.09. The zero-order valence-electron chi connectivity index (χ0n) is 10.3. The second-order valence-corrected chi connectivity index (χ2v) is 5.59. The quantitative estimate of drug-likeness (QED) is 0.737. The highest BCUT2D eigenvalue weighted by Gasteiger charge is 2.32. The number of hydrogen-bond donors (Lipinski definition) is 1. The first kappa shape index (κ1) is 11.9. The molecule has 2 rings (SSSR count). The topological polar surface area (TPSA) is 46.3 Å². The lowest BCUT2D eigenvalue weighted by Gasteiger charge is -2.36. The van der Waals surface area contributed by atoms with Crippen LogP contribution in [0, 0.1) is 11.8 Å². The third-order valence-corrected chi connectivity index (χ3v) is 4.11. The van der Waals surface area contributed by atoms with Gasteiger partial charge in [-0.2, -0.15) is 0 Å². The first-order valence-electron chi connectivity index (χ1n) is 6.73. The van der Waals surface area contributed by atoms with Crippen molar-refractivity contribution in [1.82, 2.24) is 4.90 Å². The van der Waals surface area contributed by atoms with Crippen molar-refractivity contribution in [2.24, 2.45) is 17.6 Å². The Kier molecular flexibility index (Phi) is 3.85. The molecule has 3 atom stereocenters. The highest BCUT2D eigenvalue weighted by atomic mass is 16.2. The van der Waals surface area contributed by atoms with Gasteiger partial charge < -0.3 is 10.6 Å². The number of carbonyl (C=O) groups excluding carboxylic acids is 1. The summed E-state index contributed by atoms with van der Waals surface area (Å²) in [4.78, 5) is 14.4. The van der Waals surface area contributed by atoms with Crippen LogP contribution in [0.4, 0.5) is 0 Å². The molecule has 3 nitrogen and oxygen atoms in total. The van der Waals surface area contributed by atoms with Crippen LogP contribution in [-0.2, 0) is 4.79 Å². The summed E-state index contributed by atoms with van der Waals surface area (Å²) in [5.74, 6) is 1.11. The van der Waals surface area contributed by atoms with Crippen molar-refractivity contribution in [3.8, 4) is 0 Å². The van der Waals surface area contributed by atoms with Gasteiger partial charge in [-0.15, -0.1) is 0 Å². The summed E-state index contributed by atoms with van der Waals surface area (Å²) >= 11 is 0. The molecule has 1 saturated carbocycles. The first-order chi connectivity index (χ1) is 7.68. The molecule has 1 aliphatic heterocycles. The molecule has 2 fully saturated rings. The van der Waals surface area contributed by atoms with Gasteiger partial charge in [-0.05, 0) is 31.6 Å². The minimum atomic E-state index is 0.110. The van der Waals surface area contributed by atoms with Crippen LogP contribution < -0.4 is 5.73 Å². The smallest absolute Gasteiger partial charge is 0.227 e. The first-order valence-corrected chi connectivity index (χ1v) is 6.73. The Morgan fingerprint density at radius 1 is 1.19 bits per heavy atom. The van der Waals surface area contributed by atoms with Crippen LogP contribution in [-0.4, -0.2) is 29.9 Å². The molecular formula is C13H24N2O. The lowest BCUT2D eigenvalue weighted by Crippen LogP contribution is -2.48. The monoisotopic (exact) mass is 224 g/mol. The summed E-state index contributed by atoms with van der Waals surface area (Å²) in [5, 5.41) is 0. The molecule has 0 spiro atoms. The molecular weight excluding hydrogens is 200 g/mol. The Hall–Kier alpha value is -0.570. The maximum atomic E-state index is 12.4. The van der Waals surface area contributed by atoms with E-state index in [9.17, 15) is 4.79 Å². The average Bonchev–Trinajstić information content (AvgIpc) is 2.29. The predicted octanol–water partition coefficient (Wildman–Crippen LogP) is 1.76. The number of amides is 1. The predicted molar refractivity (Wildman–Crippen MR) is 64.9 cm³/mol. The molecule has 0 bridgehead atoms. The number of nitrogens with zero attached hydrogens (tertiary/aromatic N) is 1. The average molecular weight is 224 g/mol. The Labute approximate surface area is 98.4 Å². The minimum Gasteiger partial charge on any atom is -0.342 e. The van der Waals surface area contributed by atoms with Crippen molar-refractivity contribution in [1.29, 1.82) is 0 Å². The molecule has 2 aliphatic rings. The third-order valence-electron chi connectivity index (χ3n) is 4.11. The Morgan fingerprint density at radius 2 is 1.94 bits per heavy atom. The SMILES string of the molecule is CC1CCCN(C(=O)C2CCCCC2N)C1. The standard InChI is InChI=1S/C13H24N2O/c1-10-5-4-8-15(9-10)13(16)11-6-2-3-7-12(11)14/h10-12H,2-9,14H2,1H3. The van der Waals surface area contributed by atoms with E-state index in [0.29, 0.717) is 11.8 Å². The number of carbonyl (C=O) groups is 1. The normalized spacial score (nSPS) is 36.1. The molecule has 1 amide bonds. The van der Waals surface area contributed by atoms with E-state index in [1.807, 2.05) is 0 Å². The Balaban J connectivity index is 1.94. The van der Waals surface area contributed by atoms with Gasteiger partial charge in [0.05, 0.1) is 5.92 Å². The second-order valence-electron chi connectivity index (χ2n) is 5.59. The van der Waals surface area contributed by atoms with Crippen molar-refractivity contribution in [2.75, 3.05) is 13.1 Å². The van der Waals surface area contributed by atoms with Gasteiger partial charge in [0.15, 0.2) is 0 Å². The number of hydrogen-bond acceptors (Lipinski definition) is 2. The van der Waals surface area contributed by atoms with E-state index in [4.69, 9.17) is 5.73 Å². The number of nitrogens with two attached hydrogens (primary N) is 1. The van der Waals surface area contributed by atoms with Gasteiger partial charge in [0.2, 0.25) is 5.91 Å². The molecule has 1 aliphatic carbocycles. The van der Waals surface area contributed by atoms with Gasteiger partial charge in [-0.1, -0.05) is 19.8 Å². The van der Waals surface area contributed by atoms with Crippen molar-refractivity contribution < 1.29 is 4.79 Å². The van der Waals surface area contributed by atoms with Crippen LogP contribution in [0.5, 0.6) is 0 Å². The highest BCUT2D eigenvalue weighted by molar-refractivity contribution is 5.79. The lowest BCUT2D eigenvalue weighted by atomic mass is 9.83. The molecule has 0 radical (unpaired) electrons. The molecule has 3 unspecified atom stereocenters. The summed E-state index contributed by atoms with van der Waals surface area (Å²) in [6, 6.07) is 0.110. The van der Waals surface area contributed by atoms with Gasteiger partial charge in [0.1, 0.15) is 0 Å². The molecule has 3 heteroatoms. The molecule has 0 aromatic rings. The maximum Gasteiger partial charge on any atom is 0.227 e. The van der Waals surface area contributed by atoms with E-state index in [1.54, 1.807) is 0 Å². The van der Waals surface area contributed by atoms with E-state index in [-0.39, 0.29) is 12.0 Å². The van der Waals surface area contributed by atoms with Gasteiger partial charge in [-0.25, -0.2) is 0 Å². The Bertz CT molecular complexity index is 254. The summed E-state index contributed by atoms with van der Waals surface area (Å²) in [7, 11) is 0. The van der Waals surface area contributed by atoms with Crippen LogP contribution in [0.2, 0.25) is 0 Å². The Morgan fingerprint density at radius 3 is 2.62 bits per heavy atom. The van der Waals surface area contributed by atoms with Crippen LogP contribution in [0.1, 0.15) is 45.4 Å².